The van der Waals surface area contributed by atoms with Crippen LogP contribution in [0.25, 0.3) is 0 Å². The van der Waals surface area contributed by atoms with Gasteiger partial charge in [-0.3, -0.25) is 9.59 Å². The van der Waals surface area contributed by atoms with Crippen LogP contribution in [0.5, 0.6) is 0 Å². The molecule has 0 saturated carbocycles. The smallest absolute Gasteiger partial charge is 0.224 e. The van der Waals surface area contributed by atoms with E-state index >= 15 is 0 Å². The van der Waals surface area contributed by atoms with Crippen molar-refractivity contribution in [1.82, 2.24) is 10.6 Å². The molecule has 0 spiro atoms. The Bertz CT molecular complexity index is 478. The predicted octanol–water partition coefficient (Wildman–Crippen LogP) is 3.90. The maximum Gasteiger partial charge on any atom is 0.224 e. The number of rotatable bonds is 6. The molecule has 0 radical (unpaired) electrons. The third kappa shape index (κ3) is 8.70. The first-order valence-corrected chi connectivity index (χ1v) is 9.01. The van der Waals surface area contributed by atoms with Crippen molar-refractivity contribution in [1.29, 1.82) is 0 Å². The van der Waals surface area contributed by atoms with Crippen LogP contribution in [0, 0.1) is 5.92 Å². The molecule has 0 fully saturated rings. The molecule has 136 valence electrons. The van der Waals surface area contributed by atoms with Gasteiger partial charge in [0.15, 0.2) is 5.78 Å². The quantitative estimate of drug-likeness (QED) is 0.774. The number of Topliss-reactive ketones (excluding diaryl/α,β-unsaturated/α-hetero) is 1. The zero-order valence-corrected chi connectivity index (χ0v) is 16.1. The molecule has 0 aliphatic carbocycles. The summed E-state index contributed by atoms with van der Waals surface area (Å²) in [5.74, 6) is 0.0713. The van der Waals surface area contributed by atoms with Crippen molar-refractivity contribution in [3.8, 4) is 0 Å². The summed E-state index contributed by atoms with van der Waals surface area (Å²) >= 11 is 0. The largest absolute Gasteiger partial charge is 0.385 e. The van der Waals surface area contributed by atoms with Crippen LogP contribution < -0.4 is 10.6 Å². The molecule has 0 aromatic carbocycles. The monoisotopic (exact) mass is 334 g/mol. The highest BCUT2D eigenvalue weighted by Gasteiger charge is 2.22. The SMILES string of the molecule is CC.CC[C@H](C)C(NC(=O)C/C1=C/NC(C)/C=C\C=C/C1)C(C)=O. The Kier molecular flexibility index (Phi) is 11.6. The molecule has 0 saturated heterocycles. The fraction of sp³-hybridized carbons (Fsp3) is 0.600. The van der Waals surface area contributed by atoms with Crippen molar-refractivity contribution in [3.05, 3.63) is 36.1 Å². The summed E-state index contributed by atoms with van der Waals surface area (Å²) in [7, 11) is 0. The third-order valence-electron chi connectivity index (χ3n) is 3.93. The molecule has 0 bridgehead atoms. The molecule has 1 aliphatic rings. The van der Waals surface area contributed by atoms with Crippen molar-refractivity contribution >= 4 is 11.7 Å². The van der Waals surface area contributed by atoms with Gasteiger partial charge in [-0.25, -0.2) is 0 Å². The van der Waals surface area contributed by atoms with Gasteiger partial charge < -0.3 is 10.6 Å². The second kappa shape index (κ2) is 12.6. The number of nitrogens with one attached hydrogen (secondary N) is 2. The number of allylic oxidation sites excluding steroid dienone is 3. The molecule has 24 heavy (non-hydrogen) atoms. The van der Waals surface area contributed by atoms with E-state index in [1.165, 1.54) is 6.92 Å². The summed E-state index contributed by atoms with van der Waals surface area (Å²) in [6, 6.07) is -0.163. The summed E-state index contributed by atoms with van der Waals surface area (Å²) in [6.45, 7) is 11.6. The highest BCUT2D eigenvalue weighted by Crippen LogP contribution is 2.12. The van der Waals surface area contributed by atoms with E-state index in [-0.39, 0.29) is 23.7 Å². The van der Waals surface area contributed by atoms with E-state index in [0.29, 0.717) is 6.42 Å². The Balaban J connectivity index is 0.00000254. The lowest BCUT2D eigenvalue weighted by atomic mass is 9.95. The van der Waals surface area contributed by atoms with Crippen molar-refractivity contribution in [2.24, 2.45) is 5.92 Å². The molecule has 3 atom stereocenters. The molecule has 1 aliphatic heterocycles. The molecule has 4 nitrogen and oxygen atoms in total. The van der Waals surface area contributed by atoms with E-state index in [9.17, 15) is 9.59 Å². The zero-order chi connectivity index (χ0) is 18.5. The van der Waals surface area contributed by atoms with Crippen LogP contribution in [0.15, 0.2) is 36.1 Å². The van der Waals surface area contributed by atoms with Crippen LogP contribution >= 0.6 is 0 Å². The Labute approximate surface area is 147 Å². The molecular weight excluding hydrogens is 300 g/mol. The van der Waals surface area contributed by atoms with Crippen molar-refractivity contribution in [3.63, 3.8) is 0 Å². The van der Waals surface area contributed by atoms with E-state index in [1.54, 1.807) is 0 Å². The third-order valence-corrected chi connectivity index (χ3v) is 3.93. The van der Waals surface area contributed by atoms with Crippen LogP contribution in [0.1, 0.15) is 60.8 Å². The summed E-state index contributed by atoms with van der Waals surface area (Å²) in [5.41, 5.74) is 1.01. The zero-order valence-electron chi connectivity index (χ0n) is 16.1. The van der Waals surface area contributed by atoms with Gasteiger partial charge in [0.25, 0.3) is 0 Å². The Morgan fingerprint density at radius 2 is 2.00 bits per heavy atom. The molecule has 1 heterocycles. The minimum atomic E-state index is -0.390. The number of carbonyl (C=O) groups is 2. The van der Waals surface area contributed by atoms with E-state index in [2.05, 4.69) is 23.6 Å². The number of hydrogen-bond acceptors (Lipinski definition) is 3. The average Bonchev–Trinajstić information content (AvgIpc) is 2.66. The first-order chi connectivity index (χ1) is 11.4. The van der Waals surface area contributed by atoms with E-state index in [1.807, 2.05) is 52.1 Å². The molecule has 4 heteroatoms. The van der Waals surface area contributed by atoms with E-state index < -0.39 is 6.04 Å². The molecule has 0 aromatic heterocycles. The first-order valence-electron chi connectivity index (χ1n) is 9.01. The van der Waals surface area contributed by atoms with Crippen LogP contribution in [-0.4, -0.2) is 23.8 Å². The van der Waals surface area contributed by atoms with Crippen LogP contribution in [0.2, 0.25) is 0 Å². The molecule has 0 aromatic rings. The standard InChI is InChI=1S/C18H28N2O2.C2H6/c1-5-13(2)18(15(4)21)20-17(22)11-16-10-8-6-7-9-14(3)19-12-16;1-2/h6-9,12-14,18-19H,5,10-11H2,1-4H3,(H,20,22);1-2H3/b8-6-,9-7-,16-12+;/t13-,14?,18?;/m0./s1. The average molecular weight is 335 g/mol. The maximum atomic E-state index is 12.2. The van der Waals surface area contributed by atoms with Gasteiger partial charge in [0.1, 0.15) is 0 Å². The Morgan fingerprint density at radius 3 is 2.58 bits per heavy atom. The van der Waals surface area contributed by atoms with Gasteiger partial charge in [-0.05, 0) is 38.0 Å². The van der Waals surface area contributed by atoms with Gasteiger partial charge in [-0.15, -0.1) is 0 Å². The van der Waals surface area contributed by atoms with Gasteiger partial charge in [0, 0.05) is 12.5 Å². The van der Waals surface area contributed by atoms with E-state index in [4.69, 9.17) is 0 Å². The Hall–Kier alpha value is -1.84. The molecule has 1 amide bonds. The van der Waals surface area contributed by atoms with Crippen molar-refractivity contribution in [2.75, 3.05) is 0 Å². The normalized spacial score (nSPS) is 24.1. The minimum Gasteiger partial charge on any atom is -0.385 e. The lowest BCUT2D eigenvalue weighted by Crippen LogP contribution is -2.44. The van der Waals surface area contributed by atoms with Crippen LogP contribution in [-0.2, 0) is 9.59 Å². The fourth-order valence-corrected chi connectivity index (χ4v) is 2.33. The lowest BCUT2D eigenvalue weighted by Gasteiger charge is -2.22. The van der Waals surface area contributed by atoms with Gasteiger partial charge in [-0.1, -0.05) is 58.4 Å². The van der Waals surface area contributed by atoms with Gasteiger partial charge in [0.05, 0.1) is 6.04 Å². The second-order valence-electron chi connectivity index (χ2n) is 5.99. The number of ketones is 1. The summed E-state index contributed by atoms with van der Waals surface area (Å²) in [4.78, 5) is 23.9. The van der Waals surface area contributed by atoms with Gasteiger partial charge in [-0.2, -0.15) is 0 Å². The van der Waals surface area contributed by atoms with E-state index in [0.717, 1.165) is 18.4 Å². The number of hydrogen-bond donors (Lipinski definition) is 2. The number of carbonyl (C=O) groups excluding carboxylic acids is 2. The molecular formula is C20H34N2O2. The first kappa shape index (κ1) is 22.2. The molecule has 2 N–H and O–H groups in total. The molecule has 2 unspecified atom stereocenters. The lowest BCUT2D eigenvalue weighted by molar-refractivity contribution is -0.127. The Morgan fingerprint density at radius 1 is 1.33 bits per heavy atom. The fourth-order valence-electron chi connectivity index (χ4n) is 2.33. The van der Waals surface area contributed by atoms with Gasteiger partial charge >= 0.3 is 0 Å². The van der Waals surface area contributed by atoms with Crippen LogP contribution in [0.4, 0.5) is 0 Å². The summed E-state index contributed by atoms with van der Waals surface area (Å²) < 4.78 is 0. The maximum absolute atomic E-state index is 12.2. The molecule has 1 rings (SSSR count). The van der Waals surface area contributed by atoms with Crippen LogP contribution in [0.3, 0.4) is 0 Å². The summed E-state index contributed by atoms with van der Waals surface area (Å²) in [6.07, 6.45) is 11.9. The predicted molar refractivity (Wildman–Crippen MR) is 102 cm³/mol. The van der Waals surface area contributed by atoms with Crippen molar-refractivity contribution < 1.29 is 9.59 Å². The topological polar surface area (TPSA) is 58.2 Å². The number of amides is 1. The highest BCUT2D eigenvalue weighted by atomic mass is 16.2. The second-order valence-corrected chi connectivity index (χ2v) is 5.99. The highest BCUT2D eigenvalue weighted by molar-refractivity contribution is 5.88. The summed E-state index contributed by atoms with van der Waals surface area (Å²) in [5, 5.41) is 6.13. The van der Waals surface area contributed by atoms with Gasteiger partial charge in [0.2, 0.25) is 5.91 Å². The minimum absolute atomic E-state index is 0.0157. The van der Waals surface area contributed by atoms with Crippen molar-refractivity contribution in [2.45, 2.75) is 72.9 Å².